The zero-order valence-electron chi connectivity index (χ0n) is 12.1. The maximum Gasteiger partial charge on any atom is 0.347 e. The van der Waals surface area contributed by atoms with Gasteiger partial charge >= 0.3 is 5.97 Å². The van der Waals surface area contributed by atoms with Gasteiger partial charge in [-0.05, 0) is 31.5 Å². The molecule has 0 atom stereocenters. The summed E-state index contributed by atoms with van der Waals surface area (Å²) in [4.78, 5) is 14.9. The first kappa shape index (κ1) is 16.2. The number of carbonyl (C=O) groups is 1. The second kappa shape index (κ2) is 5.93. The van der Waals surface area contributed by atoms with Gasteiger partial charge in [-0.3, -0.25) is 4.72 Å². The molecule has 0 amide bonds. The van der Waals surface area contributed by atoms with Gasteiger partial charge in [0, 0.05) is 0 Å². The maximum absolute atomic E-state index is 12.5. The quantitative estimate of drug-likeness (QED) is 0.863. The highest BCUT2D eigenvalue weighted by Crippen LogP contribution is 2.29. The molecule has 0 aliphatic carbocycles. The summed E-state index contributed by atoms with van der Waals surface area (Å²) in [6.07, 6.45) is 0. The van der Waals surface area contributed by atoms with Gasteiger partial charge in [0.25, 0.3) is 10.0 Å². The van der Waals surface area contributed by atoms with Gasteiger partial charge in [0.1, 0.15) is 15.5 Å². The molecule has 9 heteroatoms. The molecule has 2 rings (SSSR count). The van der Waals surface area contributed by atoms with Crippen molar-refractivity contribution in [3.8, 4) is 5.75 Å². The Morgan fingerprint density at radius 2 is 2.05 bits per heavy atom. The molecule has 7 nitrogen and oxygen atoms in total. The number of rotatable bonds is 5. The Morgan fingerprint density at radius 3 is 2.59 bits per heavy atom. The summed E-state index contributed by atoms with van der Waals surface area (Å²) in [5.41, 5.74) is 1.01. The van der Waals surface area contributed by atoms with E-state index >= 15 is 0 Å². The number of aryl methyl sites for hydroxylation is 2. The number of nitrogens with zero attached hydrogens (tertiary/aromatic N) is 1. The largest absolute Gasteiger partial charge is 0.495 e. The van der Waals surface area contributed by atoms with Gasteiger partial charge in [0.15, 0.2) is 5.13 Å². The molecule has 0 aliphatic rings. The molecule has 1 aromatic carbocycles. The predicted molar refractivity (Wildman–Crippen MR) is 82.3 cm³/mol. The average molecular weight is 342 g/mol. The van der Waals surface area contributed by atoms with E-state index in [9.17, 15) is 13.2 Å². The van der Waals surface area contributed by atoms with E-state index in [-0.39, 0.29) is 26.3 Å². The van der Waals surface area contributed by atoms with Crippen molar-refractivity contribution in [2.24, 2.45) is 0 Å². The van der Waals surface area contributed by atoms with Crippen LogP contribution in [-0.2, 0) is 10.0 Å². The molecule has 0 saturated heterocycles. The van der Waals surface area contributed by atoms with Crippen molar-refractivity contribution in [1.29, 1.82) is 0 Å². The number of anilines is 1. The molecule has 0 radical (unpaired) electrons. The summed E-state index contributed by atoms with van der Waals surface area (Å²) in [7, 11) is -2.55. The van der Waals surface area contributed by atoms with Gasteiger partial charge in [-0.1, -0.05) is 17.4 Å². The number of carboxylic acid groups (broad SMARTS) is 1. The highest BCUT2D eigenvalue weighted by molar-refractivity contribution is 7.93. The van der Waals surface area contributed by atoms with E-state index in [1.54, 1.807) is 19.1 Å². The number of hydrogen-bond donors (Lipinski definition) is 2. The summed E-state index contributed by atoms with van der Waals surface area (Å²) in [5, 5.41) is 8.98. The fourth-order valence-corrected chi connectivity index (χ4v) is 4.10. The number of nitrogens with one attached hydrogen (secondary N) is 1. The standard InChI is InChI=1S/C13H14N2O5S2/c1-7-4-5-9(20-3)10(6-7)22(18,19)15-13-14-8(2)11(21-13)12(16)17/h4-6H,1-3H3,(H,14,15)(H,16,17). The zero-order chi connectivity index (χ0) is 16.5. The summed E-state index contributed by atoms with van der Waals surface area (Å²) < 4.78 is 32.3. The minimum Gasteiger partial charge on any atom is -0.495 e. The third-order valence-electron chi connectivity index (χ3n) is 2.82. The molecule has 0 spiro atoms. The lowest BCUT2D eigenvalue weighted by atomic mass is 10.2. The lowest BCUT2D eigenvalue weighted by molar-refractivity contribution is 0.0701. The van der Waals surface area contributed by atoms with Crippen molar-refractivity contribution in [3.05, 3.63) is 34.3 Å². The molecule has 2 aromatic rings. The van der Waals surface area contributed by atoms with Crippen LogP contribution in [-0.4, -0.2) is 31.6 Å². The minimum absolute atomic E-state index is 0.00143. The van der Waals surface area contributed by atoms with Crippen LogP contribution in [0.5, 0.6) is 5.75 Å². The smallest absolute Gasteiger partial charge is 0.347 e. The Bertz CT molecular complexity index is 827. The number of methoxy groups -OCH3 is 1. The Morgan fingerprint density at radius 1 is 1.36 bits per heavy atom. The van der Waals surface area contributed by atoms with Gasteiger partial charge in [0.2, 0.25) is 0 Å². The first-order valence-corrected chi connectivity index (χ1v) is 8.42. The third-order valence-corrected chi connectivity index (χ3v) is 5.37. The van der Waals surface area contributed by atoms with E-state index < -0.39 is 16.0 Å². The lowest BCUT2D eigenvalue weighted by Crippen LogP contribution is -2.14. The molecular weight excluding hydrogens is 328 g/mol. The van der Waals surface area contributed by atoms with Gasteiger partial charge in [-0.2, -0.15) is 0 Å². The SMILES string of the molecule is COc1ccc(C)cc1S(=O)(=O)Nc1nc(C)c(C(=O)O)s1. The van der Waals surface area contributed by atoms with E-state index in [2.05, 4.69) is 9.71 Å². The van der Waals surface area contributed by atoms with Gasteiger partial charge in [-0.15, -0.1) is 0 Å². The van der Waals surface area contributed by atoms with Gasteiger partial charge in [-0.25, -0.2) is 18.2 Å². The average Bonchev–Trinajstić information content (AvgIpc) is 2.79. The number of sulfonamides is 1. The van der Waals surface area contributed by atoms with E-state index in [1.807, 2.05) is 0 Å². The van der Waals surface area contributed by atoms with Crippen LogP contribution >= 0.6 is 11.3 Å². The van der Waals surface area contributed by atoms with Crippen LogP contribution in [0.25, 0.3) is 0 Å². The summed E-state index contributed by atoms with van der Waals surface area (Å²) >= 11 is 0.765. The molecule has 2 N–H and O–H groups in total. The zero-order valence-corrected chi connectivity index (χ0v) is 13.7. The van der Waals surface area contributed by atoms with E-state index in [4.69, 9.17) is 9.84 Å². The van der Waals surface area contributed by atoms with Crippen LogP contribution in [0, 0.1) is 13.8 Å². The summed E-state index contributed by atoms with van der Waals surface area (Å²) in [5.74, 6) is -0.946. The van der Waals surface area contributed by atoms with Crippen LogP contribution in [0.3, 0.4) is 0 Å². The van der Waals surface area contributed by atoms with Crippen molar-refractivity contribution in [1.82, 2.24) is 4.98 Å². The van der Waals surface area contributed by atoms with Crippen LogP contribution in [0.4, 0.5) is 5.13 Å². The molecule has 118 valence electrons. The van der Waals surface area contributed by atoms with Crippen molar-refractivity contribution in [3.63, 3.8) is 0 Å². The van der Waals surface area contributed by atoms with Crippen molar-refractivity contribution in [2.75, 3.05) is 11.8 Å². The van der Waals surface area contributed by atoms with Crippen LogP contribution in [0.15, 0.2) is 23.1 Å². The van der Waals surface area contributed by atoms with Crippen molar-refractivity contribution < 1.29 is 23.1 Å². The second-order valence-electron chi connectivity index (χ2n) is 4.50. The van der Waals surface area contributed by atoms with Crippen molar-refractivity contribution >= 4 is 32.5 Å². The van der Waals surface area contributed by atoms with Crippen LogP contribution in [0.1, 0.15) is 20.9 Å². The molecule has 0 fully saturated rings. The van der Waals surface area contributed by atoms with Crippen LogP contribution < -0.4 is 9.46 Å². The molecule has 0 saturated carbocycles. The van der Waals surface area contributed by atoms with E-state index in [1.165, 1.54) is 20.1 Å². The Hall–Kier alpha value is -2.13. The molecule has 1 heterocycles. The Kier molecular flexibility index (Phi) is 4.38. The fraction of sp³-hybridized carbons (Fsp3) is 0.231. The molecule has 0 unspecified atom stereocenters. The highest BCUT2D eigenvalue weighted by Gasteiger charge is 2.23. The third kappa shape index (κ3) is 3.20. The fourth-order valence-electron chi connectivity index (χ4n) is 1.80. The maximum atomic E-state index is 12.5. The van der Waals surface area contributed by atoms with E-state index in [0.29, 0.717) is 0 Å². The normalized spacial score (nSPS) is 11.2. The highest BCUT2D eigenvalue weighted by atomic mass is 32.2. The minimum atomic E-state index is -3.93. The number of hydrogen-bond acceptors (Lipinski definition) is 6. The second-order valence-corrected chi connectivity index (χ2v) is 7.15. The number of thiazole rings is 1. The Labute approximate surface area is 131 Å². The number of carboxylic acids is 1. The molecule has 1 aromatic heterocycles. The number of ether oxygens (including phenoxy) is 1. The molecule has 22 heavy (non-hydrogen) atoms. The first-order chi connectivity index (χ1) is 10.2. The summed E-state index contributed by atoms with van der Waals surface area (Å²) in [6, 6.07) is 4.76. The molecule has 0 bridgehead atoms. The Balaban J connectivity index is 2.42. The van der Waals surface area contributed by atoms with Gasteiger partial charge in [0.05, 0.1) is 12.8 Å². The molecular formula is C13H14N2O5S2. The van der Waals surface area contributed by atoms with Gasteiger partial charge < -0.3 is 9.84 Å². The number of benzene rings is 1. The summed E-state index contributed by atoms with van der Waals surface area (Å²) in [6.45, 7) is 3.26. The number of aromatic carboxylic acids is 1. The van der Waals surface area contributed by atoms with E-state index in [0.717, 1.165) is 16.9 Å². The topological polar surface area (TPSA) is 106 Å². The molecule has 0 aliphatic heterocycles. The predicted octanol–water partition coefficient (Wildman–Crippen LogP) is 2.27. The first-order valence-electron chi connectivity index (χ1n) is 6.13. The lowest BCUT2D eigenvalue weighted by Gasteiger charge is -2.10. The van der Waals surface area contributed by atoms with Crippen LogP contribution in [0.2, 0.25) is 0 Å². The monoisotopic (exact) mass is 342 g/mol. The number of aromatic nitrogens is 1. The van der Waals surface area contributed by atoms with Crippen molar-refractivity contribution in [2.45, 2.75) is 18.7 Å².